The first-order chi connectivity index (χ1) is 22.2. The zero-order chi connectivity index (χ0) is 32.2. The molecule has 0 heterocycles. The topological polar surface area (TPSA) is 65.0 Å². The number of aliphatic hydroxyl groups is 1. The Morgan fingerprint density at radius 1 is 0.600 bits per heavy atom. The molecule has 0 saturated heterocycles. The van der Waals surface area contributed by atoms with Crippen molar-refractivity contribution in [1.82, 2.24) is 0 Å². The van der Waals surface area contributed by atoms with Crippen molar-refractivity contribution in [2.75, 3.05) is 39.6 Å². The maximum absolute atomic E-state index is 11.1. The molecule has 0 atom stereocenters. The number of hydrogen-bond acceptors (Lipinski definition) is 5. The lowest BCUT2D eigenvalue weighted by Crippen LogP contribution is -2.03. The summed E-state index contributed by atoms with van der Waals surface area (Å²) in [6.07, 6.45) is 7.35. The Morgan fingerprint density at radius 3 is 1.42 bits per heavy atom. The minimum Gasteiger partial charge on any atom is -0.498 e. The number of benzene rings is 4. The molecule has 0 aliphatic heterocycles. The third-order valence-electron chi connectivity index (χ3n) is 6.69. The third-order valence-corrected chi connectivity index (χ3v) is 6.69. The van der Waals surface area contributed by atoms with Gasteiger partial charge in [0, 0.05) is 18.8 Å². The molecule has 0 aliphatic carbocycles. The quantitative estimate of drug-likeness (QED) is 0.0736. The Kier molecular flexibility index (Phi) is 20.9. The molecule has 0 aliphatic rings. The highest BCUT2D eigenvalue weighted by molar-refractivity contribution is 5.79. The van der Waals surface area contributed by atoms with E-state index in [1.165, 1.54) is 0 Å². The second-order valence-electron chi connectivity index (χ2n) is 10.2. The Balaban J connectivity index is 0.000000264. The van der Waals surface area contributed by atoms with Crippen molar-refractivity contribution in [1.29, 1.82) is 0 Å². The summed E-state index contributed by atoms with van der Waals surface area (Å²) in [5.74, 6) is -0.146. The first-order valence-corrected chi connectivity index (χ1v) is 16.0. The molecule has 0 saturated carbocycles. The van der Waals surface area contributed by atoms with Crippen LogP contribution >= 0.6 is 0 Å². The zero-order valence-electron chi connectivity index (χ0n) is 26.9. The van der Waals surface area contributed by atoms with Gasteiger partial charge in [0.05, 0.1) is 32.0 Å². The molecule has 4 aromatic carbocycles. The Labute approximate surface area is 270 Å². The summed E-state index contributed by atoms with van der Waals surface area (Å²) in [4.78, 5) is 11.1. The summed E-state index contributed by atoms with van der Waals surface area (Å²) in [5.41, 5.74) is 5.48. The van der Waals surface area contributed by atoms with Crippen LogP contribution in [0.5, 0.6) is 0 Å². The highest BCUT2D eigenvalue weighted by Gasteiger charge is 2.11. The van der Waals surface area contributed by atoms with Crippen molar-refractivity contribution in [2.45, 2.75) is 45.4 Å². The van der Waals surface area contributed by atoms with Gasteiger partial charge in [-0.25, -0.2) is 0 Å². The molecule has 0 bridgehead atoms. The van der Waals surface area contributed by atoms with E-state index >= 15 is 0 Å². The first-order valence-electron chi connectivity index (χ1n) is 16.0. The number of rotatable bonds is 17. The lowest BCUT2D eigenvalue weighted by molar-refractivity contribution is -0.108. The standard InChI is InChI=1S/C20H24O2.C14H12O.C6H14O2/c1-2-3-14-21-15-16-22-17-20(18-10-6-4-7-11-18)19-12-8-5-9-13-19;15-11-14(12-7-3-1-4-8-12)13-9-5-2-6-10-13;1-2-3-5-8-6-4-7/h4-13,17H,2-3,14-16H2,1H3;1-11,14H;7H,2-6H2,1H3. The van der Waals surface area contributed by atoms with Crippen LogP contribution in [0.3, 0.4) is 0 Å². The predicted octanol–water partition coefficient (Wildman–Crippen LogP) is 8.72. The molecule has 0 amide bonds. The molecular formula is C40H50O5. The maximum atomic E-state index is 11.1. The van der Waals surface area contributed by atoms with Gasteiger partial charge in [0.2, 0.25) is 0 Å². The molecule has 240 valence electrons. The molecule has 0 spiro atoms. The van der Waals surface area contributed by atoms with Crippen molar-refractivity contribution in [3.63, 3.8) is 0 Å². The van der Waals surface area contributed by atoms with Gasteiger partial charge in [-0.2, -0.15) is 0 Å². The van der Waals surface area contributed by atoms with Gasteiger partial charge in [-0.15, -0.1) is 0 Å². The molecule has 0 fully saturated rings. The average Bonchev–Trinajstić information content (AvgIpc) is 3.11. The lowest BCUT2D eigenvalue weighted by Gasteiger charge is -2.10. The minimum atomic E-state index is -0.146. The third kappa shape index (κ3) is 16.0. The van der Waals surface area contributed by atoms with Crippen LogP contribution in [0.4, 0.5) is 0 Å². The molecule has 4 aromatic rings. The van der Waals surface area contributed by atoms with Gasteiger partial charge in [0.1, 0.15) is 12.9 Å². The molecule has 0 aromatic heterocycles. The van der Waals surface area contributed by atoms with Crippen molar-refractivity contribution >= 4 is 11.9 Å². The van der Waals surface area contributed by atoms with Gasteiger partial charge in [-0.1, -0.05) is 148 Å². The summed E-state index contributed by atoms with van der Waals surface area (Å²) in [7, 11) is 0. The number of ether oxygens (including phenoxy) is 3. The molecule has 0 unspecified atom stereocenters. The Bertz CT molecular complexity index is 1170. The number of carbonyl (C=O) groups is 1. The van der Waals surface area contributed by atoms with Crippen LogP contribution in [-0.2, 0) is 19.0 Å². The summed E-state index contributed by atoms with van der Waals surface area (Å²) < 4.78 is 16.2. The van der Waals surface area contributed by atoms with Crippen LogP contribution in [0.2, 0.25) is 0 Å². The highest BCUT2D eigenvalue weighted by atomic mass is 16.5. The lowest BCUT2D eigenvalue weighted by atomic mass is 9.93. The predicted molar refractivity (Wildman–Crippen MR) is 185 cm³/mol. The number of aldehydes is 1. The molecule has 0 radical (unpaired) electrons. The summed E-state index contributed by atoms with van der Waals surface area (Å²) in [5, 5.41) is 8.24. The van der Waals surface area contributed by atoms with Crippen molar-refractivity contribution < 1.29 is 24.1 Å². The fraction of sp³-hybridized carbons (Fsp3) is 0.325. The van der Waals surface area contributed by atoms with E-state index in [1.807, 2.05) is 103 Å². The van der Waals surface area contributed by atoms with Crippen LogP contribution < -0.4 is 0 Å². The Morgan fingerprint density at radius 2 is 1.02 bits per heavy atom. The van der Waals surface area contributed by atoms with Crippen molar-refractivity contribution in [3.8, 4) is 0 Å². The van der Waals surface area contributed by atoms with E-state index in [1.54, 1.807) is 0 Å². The number of aliphatic hydroxyl groups excluding tert-OH is 1. The largest absolute Gasteiger partial charge is 0.498 e. The second kappa shape index (κ2) is 25.3. The van der Waals surface area contributed by atoms with Crippen LogP contribution in [0.15, 0.2) is 128 Å². The van der Waals surface area contributed by atoms with Gasteiger partial charge in [-0.05, 0) is 35.1 Å². The van der Waals surface area contributed by atoms with E-state index in [2.05, 4.69) is 38.1 Å². The van der Waals surface area contributed by atoms with E-state index in [0.717, 1.165) is 73.0 Å². The highest BCUT2D eigenvalue weighted by Crippen LogP contribution is 2.23. The van der Waals surface area contributed by atoms with E-state index in [4.69, 9.17) is 19.3 Å². The van der Waals surface area contributed by atoms with Crippen molar-refractivity contribution in [2.24, 2.45) is 0 Å². The average molecular weight is 611 g/mol. The van der Waals surface area contributed by atoms with E-state index in [0.29, 0.717) is 19.8 Å². The fourth-order valence-electron chi connectivity index (χ4n) is 4.22. The molecule has 5 nitrogen and oxygen atoms in total. The summed E-state index contributed by atoms with van der Waals surface area (Å²) in [6.45, 7) is 7.71. The zero-order valence-corrected chi connectivity index (χ0v) is 26.9. The summed E-state index contributed by atoms with van der Waals surface area (Å²) >= 11 is 0. The van der Waals surface area contributed by atoms with Crippen LogP contribution in [0.1, 0.15) is 67.7 Å². The van der Waals surface area contributed by atoms with Gasteiger partial charge in [-0.3, -0.25) is 0 Å². The first kappa shape index (κ1) is 37.2. The molecule has 45 heavy (non-hydrogen) atoms. The van der Waals surface area contributed by atoms with E-state index in [9.17, 15) is 4.79 Å². The van der Waals surface area contributed by atoms with Crippen LogP contribution in [0, 0.1) is 0 Å². The van der Waals surface area contributed by atoms with Gasteiger partial charge in [0.25, 0.3) is 0 Å². The monoisotopic (exact) mass is 610 g/mol. The molecule has 5 heteroatoms. The SMILES string of the molecule is CCCCOCCO.CCCCOCCOC=C(c1ccccc1)c1ccccc1.O=CC(c1ccccc1)c1ccccc1. The number of carbonyl (C=O) groups excluding carboxylic acids is 1. The smallest absolute Gasteiger partial charge is 0.131 e. The second-order valence-corrected chi connectivity index (χ2v) is 10.2. The Hall–Kier alpha value is -4.03. The minimum absolute atomic E-state index is 0.143. The normalized spacial score (nSPS) is 10.1. The van der Waals surface area contributed by atoms with Gasteiger partial charge < -0.3 is 24.1 Å². The molecule has 1 N–H and O–H groups in total. The number of hydrogen-bond donors (Lipinski definition) is 1. The van der Waals surface area contributed by atoms with Gasteiger partial charge >= 0.3 is 0 Å². The van der Waals surface area contributed by atoms with Gasteiger partial charge in [0.15, 0.2) is 0 Å². The van der Waals surface area contributed by atoms with E-state index < -0.39 is 0 Å². The number of unbranched alkanes of at least 4 members (excludes halogenated alkanes) is 2. The van der Waals surface area contributed by atoms with Crippen LogP contribution in [-0.4, -0.2) is 51.0 Å². The van der Waals surface area contributed by atoms with Crippen molar-refractivity contribution in [3.05, 3.63) is 150 Å². The fourth-order valence-corrected chi connectivity index (χ4v) is 4.22. The van der Waals surface area contributed by atoms with Crippen LogP contribution in [0.25, 0.3) is 5.57 Å². The molecular weight excluding hydrogens is 560 g/mol. The summed E-state index contributed by atoms with van der Waals surface area (Å²) in [6, 6.07) is 40.2. The van der Waals surface area contributed by atoms with E-state index in [-0.39, 0.29) is 12.5 Å². The maximum Gasteiger partial charge on any atom is 0.131 e. The molecule has 4 rings (SSSR count).